The number of ether oxygens (including phenoxy) is 1. The van der Waals surface area contributed by atoms with E-state index in [9.17, 15) is 8.42 Å². The zero-order valence-corrected chi connectivity index (χ0v) is 11.0. The highest BCUT2D eigenvalue weighted by atomic mass is 32.2. The molecule has 1 heterocycles. The van der Waals surface area contributed by atoms with Gasteiger partial charge in [0.05, 0.1) is 17.2 Å². The smallest absolute Gasteiger partial charge is 0.152 e. The van der Waals surface area contributed by atoms with E-state index >= 15 is 0 Å². The summed E-state index contributed by atoms with van der Waals surface area (Å²) in [5, 5.41) is 0. The lowest BCUT2D eigenvalue weighted by Gasteiger charge is -2.26. The predicted octanol–water partition coefficient (Wildman–Crippen LogP) is 0.378. The summed E-state index contributed by atoms with van der Waals surface area (Å²) in [6.45, 7) is 2.43. The third-order valence-electron chi connectivity index (χ3n) is 3.02. The van der Waals surface area contributed by atoms with Gasteiger partial charge >= 0.3 is 0 Å². The van der Waals surface area contributed by atoms with Crippen LogP contribution >= 0.6 is 0 Å². The molecule has 0 atom stereocenters. The molecule has 0 spiro atoms. The molecule has 100 valence electrons. The topological polar surface area (TPSA) is 72.6 Å². The number of hydrogen-bond acceptors (Lipinski definition) is 5. The second kappa shape index (κ2) is 5.58. The van der Waals surface area contributed by atoms with Crippen molar-refractivity contribution in [3.05, 3.63) is 24.3 Å². The van der Waals surface area contributed by atoms with Crippen LogP contribution in [0.4, 0.5) is 5.69 Å². The number of nitrogens with zero attached hydrogens (tertiary/aromatic N) is 1. The van der Waals surface area contributed by atoms with Gasteiger partial charge in [-0.15, -0.1) is 0 Å². The Kier molecular flexibility index (Phi) is 4.08. The number of nitrogens with two attached hydrogens (primary N) is 1. The summed E-state index contributed by atoms with van der Waals surface area (Å²) < 4.78 is 28.1. The van der Waals surface area contributed by atoms with Gasteiger partial charge in [-0.2, -0.15) is 0 Å². The van der Waals surface area contributed by atoms with E-state index in [0.29, 0.717) is 31.1 Å². The highest BCUT2D eigenvalue weighted by Crippen LogP contribution is 2.19. The lowest BCUT2D eigenvalue weighted by atomic mass is 10.3. The number of benzene rings is 1. The molecule has 0 bridgehead atoms. The minimum atomic E-state index is -2.80. The van der Waals surface area contributed by atoms with Gasteiger partial charge in [-0.3, -0.25) is 4.90 Å². The Hall–Kier alpha value is -1.27. The highest BCUT2D eigenvalue weighted by Gasteiger charge is 2.21. The molecule has 1 aliphatic heterocycles. The van der Waals surface area contributed by atoms with E-state index in [1.807, 2.05) is 18.2 Å². The van der Waals surface area contributed by atoms with Crippen LogP contribution in [0.15, 0.2) is 24.3 Å². The van der Waals surface area contributed by atoms with Gasteiger partial charge < -0.3 is 10.5 Å². The minimum absolute atomic E-state index is 0.250. The number of nitrogen functional groups attached to an aromatic ring is 1. The summed E-state index contributed by atoms with van der Waals surface area (Å²) in [5.41, 5.74) is 6.38. The molecule has 0 radical (unpaired) electrons. The monoisotopic (exact) mass is 270 g/mol. The van der Waals surface area contributed by atoms with Gasteiger partial charge in [-0.1, -0.05) is 12.1 Å². The largest absolute Gasteiger partial charge is 0.490 e. The maximum absolute atomic E-state index is 11.3. The first-order valence-corrected chi connectivity index (χ1v) is 7.79. The maximum atomic E-state index is 11.3. The second-order valence-electron chi connectivity index (χ2n) is 4.38. The van der Waals surface area contributed by atoms with E-state index in [0.717, 1.165) is 6.54 Å². The molecule has 0 aromatic heterocycles. The zero-order valence-electron chi connectivity index (χ0n) is 10.2. The van der Waals surface area contributed by atoms with E-state index in [2.05, 4.69) is 4.90 Å². The van der Waals surface area contributed by atoms with Crippen molar-refractivity contribution in [1.29, 1.82) is 0 Å². The summed E-state index contributed by atoms with van der Waals surface area (Å²) in [4.78, 5) is 2.10. The molecule has 0 saturated carbocycles. The molecule has 2 N–H and O–H groups in total. The van der Waals surface area contributed by atoms with E-state index in [1.54, 1.807) is 6.07 Å². The van der Waals surface area contributed by atoms with E-state index < -0.39 is 9.84 Å². The molecule has 1 saturated heterocycles. The predicted molar refractivity (Wildman–Crippen MR) is 71.4 cm³/mol. The van der Waals surface area contributed by atoms with Crippen LogP contribution in [0.5, 0.6) is 5.75 Å². The van der Waals surface area contributed by atoms with Crippen molar-refractivity contribution in [2.24, 2.45) is 0 Å². The van der Waals surface area contributed by atoms with Crippen LogP contribution in [-0.4, -0.2) is 51.1 Å². The van der Waals surface area contributed by atoms with E-state index in [4.69, 9.17) is 10.5 Å². The van der Waals surface area contributed by atoms with Crippen LogP contribution in [0.25, 0.3) is 0 Å². The summed E-state index contributed by atoms with van der Waals surface area (Å²) in [6.07, 6.45) is 0. The average Bonchev–Trinajstić information content (AvgIpc) is 2.34. The molecular weight excluding hydrogens is 252 g/mol. The van der Waals surface area contributed by atoms with E-state index in [-0.39, 0.29) is 11.5 Å². The Labute approximate surface area is 107 Å². The molecule has 5 nitrogen and oxygen atoms in total. The molecule has 1 fully saturated rings. The van der Waals surface area contributed by atoms with Crippen LogP contribution in [0.1, 0.15) is 0 Å². The Morgan fingerprint density at radius 3 is 2.56 bits per heavy atom. The van der Waals surface area contributed by atoms with Crippen molar-refractivity contribution in [3.63, 3.8) is 0 Å². The molecule has 1 aliphatic rings. The molecule has 1 aromatic carbocycles. The van der Waals surface area contributed by atoms with E-state index in [1.165, 1.54) is 0 Å². The maximum Gasteiger partial charge on any atom is 0.152 e. The first-order chi connectivity index (χ1) is 8.57. The third-order valence-corrected chi connectivity index (χ3v) is 4.63. The highest BCUT2D eigenvalue weighted by molar-refractivity contribution is 7.91. The van der Waals surface area contributed by atoms with Crippen LogP contribution < -0.4 is 10.5 Å². The normalized spacial score (nSPS) is 19.6. The Bertz CT molecular complexity index is 488. The summed E-state index contributed by atoms with van der Waals surface area (Å²) >= 11 is 0. The lowest BCUT2D eigenvalue weighted by molar-refractivity contribution is 0.220. The second-order valence-corrected chi connectivity index (χ2v) is 6.68. The number of sulfone groups is 1. The molecule has 6 heteroatoms. The average molecular weight is 270 g/mol. The molecule has 0 amide bonds. The first-order valence-electron chi connectivity index (χ1n) is 5.97. The van der Waals surface area contributed by atoms with Gasteiger partial charge in [0.2, 0.25) is 0 Å². The van der Waals surface area contributed by atoms with Crippen molar-refractivity contribution in [1.82, 2.24) is 4.90 Å². The van der Waals surface area contributed by atoms with Crippen molar-refractivity contribution in [3.8, 4) is 5.75 Å². The summed E-state index contributed by atoms with van der Waals surface area (Å²) in [5.74, 6) is 1.18. The Balaban J connectivity index is 1.75. The molecule has 0 aliphatic carbocycles. The number of anilines is 1. The summed E-state index contributed by atoms with van der Waals surface area (Å²) in [6, 6.07) is 7.36. The quantitative estimate of drug-likeness (QED) is 0.801. The Morgan fingerprint density at radius 2 is 1.89 bits per heavy atom. The molecule has 18 heavy (non-hydrogen) atoms. The fourth-order valence-electron chi connectivity index (χ4n) is 1.87. The van der Waals surface area contributed by atoms with Gasteiger partial charge in [0, 0.05) is 19.6 Å². The molecule has 0 unspecified atom stereocenters. The number of hydrogen-bond donors (Lipinski definition) is 1. The lowest BCUT2D eigenvalue weighted by Crippen LogP contribution is -2.42. The zero-order chi connectivity index (χ0) is 13.0. The fraction of sp³-hybridized carbons (Fsp3) is 0.500. The van der Waals surface area contributed by atoms with Crippen LogP contribution in [0, 0.1) is 0 Å². The number of rotatable bonds is 4. The van der Waals surface area contributed by atoms with Gasteiger partial charge in [-0.05, 0) is 12.1 Å². The molecular formula is C12H18N2O3S. The fourth-order valence-corrected chi connectivity index (χ4v) is 3.15. The van der Waals surface area contributed by atoms with Crippen molar-refractivity contribution in [2.45, 2.75) is 0 Å². The van der Waals surface area contributed by atoms with Gasteiger partial charge in [0.15, 0.2) is 9.84 Å². The molecule has 1 aromatic rings. The SMILES string of the molecule is Nc1ccccc1OCCN1CCS(=O)(=O)CC1. The minimum Gasteiger partial charge on any atom is -0.490 e. The molecule has 2 rings (SSSR count). The van der Waals surface area contributed by atoms with Crippen molar-refractivity contribution in [2.75, 3.05) is 43.5 Å². The van der Waals surface area contributed by atoms with Crippen LogP contribution in [0.3, 0.4) is 0 Å². The summed E-state index contributed by atoms with van der Waals surface area (Å²) in [7, 11) is -2.80. The van der Waals surface area contributed by atoms with Crippen LogP contribution in [-0.2, 0) is 9.84 Å². The van der Waals surface area contributed by atoms with Crippen LogP contribution in [0.2, 0.25) is 0 Å². The van der Waals surface area contributed by atoms with Crippen molar-refractivity contribution >= 4 is 15.5 Å². The number of para-hydroxylation sites is 2. The standard InChI is InChI=1S/C12H18N2O3S/c13-11-3-1-2-4-12(11)17-8-5-14-6-9-18(15,16)10-7-14/h1-4H,5-10,13H2. The van der Waals surface area contributed by atoms with Gasteiger partial charge in [0.1, 0.15) is 12.4 Å². The Morgan fingerprint density at radius 1 is 1.22 bits per heavy atom. The van der Waals surface area contributed by atoms with Gasteiger partial charge in [-0.25, -0.2) is 8.42 Å². The van der Waals surface area contributed by atoms with Crippen molar-refractivity contribution < 1.29 is 13.2 Å². The van der Waals surface area contributed by atoms with Gasteiger partial charge in [0.25, 0.3) is 0 Å². The first kappa shape index (κ1) is 13.2. The third kappa shape index (κ3) is 3.61.